The van der Waals surface area contributed by atoms with Gasteiger partial charge in [0.15, 0.2) is 10.8 Å². The highest BCUT2D eigenvalue weighted by molar-refractivity contribution is 7.20. The van der Waals surface area contributed by atoms with Crippen LogP contribution in [0.2, 0.25) is 0 Å². The Bertz CT molecular complexity index is 908. The third-order valence-electron chi connectivity index (χ3n) is 4.51. The molecule has 0 bridgehead atoms. The number of carbonyl (C=O) groups is 1. The van der Waals surface area contributed by atoms with Gasteiger partial charge in [-0.05, 0) is 31.0 Å². The van der Waals surface area contributed by atoms with Crippen LogP contribution in [0.4, 0.5) is 5.82 Å². The van der Waals surface area contributed by atoms with Crippen molar-refractivity contribution in [1.82, 2.24) is 20.1 Å². The predicted molar refractivity (Wildman–Crippen MR) is 106 cm³/mol. The topological polar surface area (TPSA) is 71.5 Å². The molecule has 0 radical (unpaired) electrons. The lowest BCUT2D eigenvalue weighted by Crippen LogP contribution is -2.44. The molecule has 0 spiro atoms. The summed E-state index contributed by atoms with van der Waals surface area (Å²) in [5.41, 5.74) is 0.868. The van der Waals surface area contributed by atoms with E-state index in [-0.39, 0.29) is 12.0 Å². The minimum atomic E-state index is -0.0865. The average Bonchev–Trinajstić information content (AvgIpc) is 3.12. The summed E-state index contributed by atoms with van der Waals surface area (Å²) >= 11 is 1.44. The van der Waals surface area contributed by atoms with E-state index in [2.05, 4.69) is 15.2 Å². The summed E-state index contributed by atoms with van der Waals surface area (Å²) in [6, 6.07) is 11.5. The number of nitrogens with zero attached hydrogens (tertiary/aromatic N) is 5. The van der Waals surface area contributed by atoms with Crippen molar-refractivity contribution in [3.63, 3.8) is 0 Å². The monoisotopic (exact) mass is 383 g/mol. The molecule has 4 rings (SSSR count). The molecule has 8 heteroatoms. The number of benzene rings is 1. The highest BCUT2D eigenvalue weighted by Gasteiger charge is 2.27. The van der Waals surface area contributed by atoms with Gasteiger partial charge in [0.25, 0.3) is 5.91 Å². The Morgan fingerprint density at radius 1 is 1.22 bits per heavy atom. The maximum absolute atomic E-state index is 12.9. The Labute approximate surface area is 161 Å². The second kappa shape index (κ2) is 7.48. The smallest absolute Gasteiger partial charge is 0.282 e. The zero-order valence-electron chi connectivity index (χ0n) is 15.3. The van der Waals surface area contributed by atoms with Gasteiger partial charge in [-0.2, -0.15) is 0 Å². The fourth-order valence-electron chi connectivity index (χ4n) is 3.10. The van der Waals surface area contributed by atoms with E-state index in [0.717, 1.165) is 35.4 Å². The molecule has 140 valence electrons. The quantitative estimate of drug-likeness (QED) is 0.690. The van der Waals surface area contributed by atoms with Crippen LogP contribution in [0.25, 0.3) is 10.2 Å². The lowest BCUT2D eigenvalue weighted by atomic mass is 10.1. The molecule has 3 aromatic rings. The summed E-state index contributed by atoms with van der Waals surface area (Å²) in [4.78, 5) is 21.1. The van der Waals surface area contributed by atoms with Crippen LogP contribution in [-0.2, 0) is 0 Å². The number of ether oxygens (including phenoxy) is 1. The fourth-order valence-corrected chi connectivity index (χ4v) is 4.04. The summed E-state index contributed by atoms with van der Waals surface area (Å²) < 4.78 is 6.99. The number of thiazole rings is 1. The number of amides is 1. The molecule has 0 N–H and O–H groups in total. The van der Waals surface area contributed by atoms with Crippen LogP contribution in [0.1, 0.15) is 22.6 Å². The molecule has 1 unspecified atom stereocenters. The molecule has 1 fully saturated rings. The molecule has 0 saturated carbocycles. The van der Waals surface area contributed by atoms with Gasteiger partial charge >= 0.3 is 0 Å². The van der Waals surface area contributed by atoms with Crippen LogP contribution < -0.4 is 9.64 Å². The summed E-state index contributed by atoms with van der Waals surface area (Å²) in [5.74, 6) is 1.23. The second-order valence-electron chi connectivity index (χ2n) is 6.74. The van der Waals surface area contributed by atoms with E-state index in [4.69, 9.17) is 4.74 Å². The number of aromatic nitrogens is 3. The van der Waals surface area contributed by atoms with Crippen molar-refractivity contribution in [3.05, 3.63) is 41.4 Å². The van der Waals surface area contributed by atoms with Gasteiger partial charge in [-0.3, -0.25) is 4.79 Å². The zero-order chi connectivity index (χ0) is 18.8. The molecule has 1 amide bonds. The van der Waals surface area contributed by atoms with E-state index >= 15 is 0 Å². The molecular weight excluding hydrogens is 362 g/mol. The van der Waals surface area contributed by atoms with Crippen LogP contribution in [0, 0.1) is 0 Å². The maximum Gasteiger partial charge on any atom is 0.282 e. The van der Waals surface area contributed by atoms with Crippen molar-refractivity contribution < 1.29 is 9.53 Å². The van der Waals surface area contributed by atoms with Gasteiger partial charge in [-0.15, -0.1) is 21.5 Å². The molecule has 1 saturated heterocycles. The molecule has 1 aliphatic rings. The number of piperidine rings is 1. The van der Waals surface area contributed by atoms with E-state index in [0.29, 0.717) is 17.4 Å². The zero-order valence-corrected chi connectivity index (χ0v) is 16.1. The number of hydrogen-bond donors (Lipinski definition) is 0. The Kier molecular flexibility index (Phi) is 4.89. The Morgan fingerprint density at radius 2 is 2.07 bits per heavy atom. The summed E-state index contributed by atoms with van der Waals surface area (Å²) in [5, 5.41) is 8.79. The highest BCUT2D eigenvalue weighted by atomic mass is 32.1. The van der Waals surface area contributed by atoms with Gasteiger partial charge in [0, 0.05) is 26.7 Å². The van der Waals surface area contributed by atoms with E-state index in [1.165, 1.54) is 11.3 Å². The van der Waals surface area contributed by atoms with Crippen molar-refractivity contribution in [1.29, 1.82) is 0 Å². The van der Waals surface area contributed by atoms with Gasteiger partial charge in [0.1, 0.15) is 6.10 Å². The van der Waals surface area contributed by atoms with Crippen LogP contribution >= 0.6 is 11.3 Å². The van der Waals surface area contributed by atoms with E-state index in [9.17, 15) is 4.79 Å². The lowest BCUT2D eigenvalue weighted by molar-refractivity contribution is 0.0525. The fraction of sp³-hybridized carbons (Fsp3) is 0.368. The molecule has 3 heterocycles. The number of anilines is 1. The van der Waals surface area contributed by atoms with Crippen LogP contribution in [0.3, 0.4) is 0 Å². The van der Waals surface area contributed by atoms with Crippen molar-refractivity contribution in [2.45, 2.75) is 18.9 Å². The standard InChI is InChI=1S/C19H21N5O2S/c1-23(2)16-9-10-17(22-21-16)26-13-6-5-11-24(12-13)19(25)18-20-14-7-3-4-8-15(14)27-18/h3-4,7-10,13H,5-6,11-12H2,1-2H3. The lowest BCUT2D eigenvalue weighted by Gasteiger charge is -2.32. The van der Waals surface area contributed by atoms with Gasteiger partial charge in [0.05, 0.1) is 16.8 Å². The highest BCUT2D eigenvalue weighted by Crippen LogP contribution is 2.24. The number of para-hydroxylation sites is 1. The van der Waals surface area contributed by atoms with E-state index < -0.39 is 0 Å². The van der Waals surface area contributed by atoms with E-state index in [1.807, 2.05) is 60.3 Å². The Morgan fingerprint density at radius 3 is 2.81 bits per heavy atom. The third kappa shape index (κ3) is 3.85. The molecular formula is C19H21N5O2S. The second-order valence-corrected chi connectivity index (χ2v) is 7.77. The normalized spacial score (nSPS) is 17.1. The number of carbonyl (C=O) groups excluding carboxylic acids is 1. The third-order valence-corrected chi connectivity index (χ3v) is 5.54. The van der Waals surface area contributed by atoms with Gasteiger partial charge in [-0.1, -0.05) is 12.1 Å². The number of rotatable bonds is 4. The minimum Gasteiger partial charge on any atom is -0.471 e. The van der Waals surface area contributed by atoms with Gasteiger partial charge in [0.2, 0.25) is 5.88 Å². The van der Waals surface area contributed by atoms with Crippen molar-refractivity contribution >= 4 is 33.3 Å². The average molecular weight is 383 g/mol. The summed E-state index contributed by atoms with van der Waals surface area (Å²) in [6.45, 7) is 1.26. The van der Waals surface area contributed by atoms with Gasteiger partial charge < -0.3 is 14.5 Å². The van der Waals surface area contributed by atoms with Crippen LogP contribution in [0.15, 0.2) is 36.4 Å². The molecule has 0 aliphatic carbocycles. The maximum atomic E-state index is 12.9. The summed E-state index contributed by atoms with van der Waals surface area (Å²) in [6.07, 6.45) is 1.70. The molecule has 2 aromatic heterocycles. The summed E-state index contributed by atoms with van der Waals surface area (Å²) in [7, 11) is 3.83. The first kappa shape index (κ1) is 17.7. The number of likely N-dealkylation sites (tertiary alicyclic amines) is 1. The number of hydrogen-bond acceptors (Lipinski definition) is 7. The molecule has 7 nitrogen and oxygen atoms in total. The number of fused-ring (bicyclic) bond motifs is 1. The first-order chi connectivity index (χ1) is 13.1. The largest absolute Gasteiger partial charge is 0.471 e. The molecule has 1 atom stereocenters. The first-order valence-electron chi connectivity index (χ1n) is 8.93. The van der Waals surface area contributed by atoms with Crippen molar-refractivity contribution in [3.8, 4) is 5.88 Å². The first-order valence-corrected chi connectivity index (χ1v) is 9.74. The van der Waals surface area contributed by atoms with Crippen LogP contribution in [0.5, 0.6) is 5.88 Å². The van der Waals surface area contributed by atoms with Crippen molar-refractivity contribution in [2.24, 2.45) is 0 Å². The Balaban J connectivity index is 1.43. The molecule has 27 heavy (non-hydrogen) atoms. The van der Waals surface area contributed by atoms with Crippen molar-refractivity contribution in [2.75, 3.05) is 32.1 Å². The minimum absolute atomic E-state index is 0.0291. The molecule has 1 aliphatic heterocycles. The van der Waals surface area contributed by atoms with Gasteiger partial charge in [-0.25, -0.2) is 4.98 Å². The van der Waals surface area contributed by atoms with E-state index in [1.54, 1.807) is 0 Å². The molecule has 1 aromatic carbocycles. The Hall–Kier alpha value is -2.74. The SMILES string of the molecule is CN(C)c1ccc(OC2CCCN(C(=O)c3nc4ccccc4s3)C2)nn1. The predicted octanol–water partition coefficient (Wildman–Crippen LogP) is 2.84. The van der Waals surface area contributed by atoms with Crippen LogP contribution in [-0.4, -0.2) is 59.3 Å².